The van der Waals surface area contributed by atoms with Crippen molar-refractivity contribution >= 4 is 44.7 Å². The fraction of sp³-hybridized carbons (Fsp3) is 0.458. The predicted molar refractivity (Wildman–Crippen MR) is 134 cm³/mol. The van der Waals surface area contributed by atoms with Gasteiger partial charge in [0.2, 0.25) is 0 Å². The molecule has 4 N–H and O–H groups in total. The van der Waals surface area contributed by atoms with Crippen molar-refractivity contribution in [3.05, 3.63) is 41.5 Å². The highest BCUT2D eigenvalue weighted by molar-refractivity contribution is 7.16. The van der Waals surface area contributed by atoms with Crippen LogP contribution in [0.3, 0.4) is 0 Å². The standard InChI is InChI=1S/C24H31F2N5O2S/c1-5-24(33,6-2)20(25)12-28-22(32)16-11-27-21(10-18(16)29-13-23(3,4)26)31-15-7-8-17-19(9-15)34-14-30-17/h7-11,14,20,33H,5-6,12-13H2,1-4H3,(H,28,32)(H2,27,29,31). The topological polar surface area (TPSA) is 99.2 Å². The monoisotopic (exact) mass is 491 g/mol. The zero-order chi connectivity index (χ0) is 24.9. The van der Waals surface area contributed by atoms with E-state index in [9.17, 15) is 18.7 Å². The molecule has 0 saturated carbocycles. The first-order valence-electron chi connectivity index (χ1n) is 11.2. The van der Waals surface area contributed by atoms with Gasteiger partial charge < -0.3 is 21.1 Å². The molecule has 184 valence electrons. The molecule has 0 aliphatic rings. The second-order valence-electron chi connectivity index (χ2n) is 8.84. The second-order valence-corrected chi connectivity index (χ2v) is 9.72. The Morgan fingerprint density at radius 2 is 1.94 bits per heavy atom. The third kappa shape index (κ3) is 6.38. The number of aromatic nitrogens is 2. The van der Waals surface area contributed by atoms with E-state index in [4.69, 9.17) is 0 Å². The Labute approximate surface area is 202 Å². The Morgan fingerprint density at radius 1 is 1.21 bits per heavy atom. The van der Waals surface area contributed by atoms with E-state index >= 15 is 0 Å². The zero-order valence-electron chi connectivity index (χ0n) is 19.8. The van der Waals surface area contributed by atoms with Crippen LogP contribution in [0.1, 0.15) is 50.9 Å². The number of fused-ring (bicyclic) bond motifs is 1. The number of nitrogens with one attached hydrogen (secondary N) is 3. The number of halogens is 2. The summed E-state index contributed by atoms with van der Waals surface area (Å²) in [5.74, 6) is -0.115. The number of benzene rings is 1. The Bertz CT molecular complexity index is 1130. The smallest absolute Gasteiger partial charge is 0.255 e. The summed E-state index contributed by atoms with van der Waals surface area (Å²) < 4.78 is 29.7. The molecule has 1 unspecified atom stereocenters. The van der Waals surface area contributed by atoms with Gasteiger partial charge in [0.15, 0.2) is 0 Å². The van der Waals surface area contributed by atoms with Crippen molar-refractivity contribution in [2.24, 2.45) is 0 Å². The fourth-order valence-electron chi connectivity index (χ4n) is 3.40. The van der Waals surface area contributed by atoms with Gasteiger partial charge in [0.1, 0.15) is 17.7 Å². The molecule has 7 nitrogen and oxygen atoms in total. The summed E-state index contributed by atoms with van der Waals surface area (Å²) in [6.45, 7) is 5.85. The molecule has 0 aliphatic carbocycles. The molecule has 0 bridgehead atoms. The molecule has 10 heteroatoms. The van der Waals surface area contributed by atoms with Crippen LogP contribution in [-0.4, -0.2) is 51.5 Å². The number of rotatable bonds is 11. The van der Waals surface area contributed by atoms with Gasteiger partial charge in [0.25, 0.3) is 5.91 Å². The molecule has 3 aromatic rings. The molecule has 0 fully saturated rings. The summed E-state index contributed by atoms with van der Waals surface area (Å²) in [4.78, 5) is 21.4. The van der Waals surface area contributed by atoms with Crippen LogP contribution >= 0.6 is 11.3 Å². The quantitative estimate of drug-likeness (QED) is 0.294. The molecule has 2 aromatic heterocycles. The lowest BCUT2D eigenvalue weighted by Gasteiger charge is -2.29. The summed E-state index contributed by atoms with van der Waals surface area (Å²) in [5, 5.41) is 19.0. The number of alkyl halides is 2. The average Bonchev–Trinajstić information content (AvgIpc) is 3.28. The largest absolute Gasteiger partial charge is 0.387 e. The second kappa shape index (κ2) is 10.6. The Balaban J connectivity index is 1.80. The van der Waals surface area contributed by atoms with Crippen LogP contribution in [0, 0.1) is 0 Å². The van der Waals surface area contributed by atoms with E-state index in [1.807, 2.05) is 18.2 Å². The molecule has 3 rings (SSSR count). The number of hydrogen-bond acceptors (Lipinski definition) is 7. The number of anilines is 3. The van der Waals surface area contributed by atoms with Crippen molar-refractivity contribution in [1.29, 1.82) is 0 Å². The minimum atomic E-state index is -1.62. The Hall–Kier alpha value is -2.85. The van der Waals surface area contributed by atoms with Crippen molar-refractivity contribution in [2.45, 2.75) is 58.0 Å². The molecule has 2 heterocycles. The number of thiazole rings is 1. The SMILES string of the molecule is CCC(O)(CC)C(F)CNC(=O)c1cnc(Nc2ccc3ncsc3c2)cc1NCC(C)(C)F. The van der Waals surface area contributed by atoms with E-state index < -0.39 is 23.3 Å². The summed E-state index contributed by atoms with van der Waals surface area (Å²) in [7, 11) is 0. The van der Waals surface area contributed by atoms with Crippen LogP contribution in [0.4, 0.5) is 26.0 Å². The van der Waals surface area contributed by atoms with Crippen molar-refractivity contribution in [2.75, 3.05) is 23.7 Å². The maximum absolute atomic E-state index is 14.6. The molecule has 0 aliphatic heterocycles. The van der Waals surface area contributed by atoms with Gasteiger partial charge >= 0.3 is 0 Å². The summed E-state index contributed by atoms with van der Waals surface area (Å²) >= 11 is 1.52. The van der Waals surface area contributed by atoms with Crippen molar-refractivity contribution < 1.29 is 18.7 Å². The lowest BCUT2D eigenvalue weighted by molar-refractivity contribution is -0.0399. The van der Waals surface area contributed by atoms with Gasteiger partial charge in [-0.15, -0.1) is 11.3 Å². The van der Waals surface area contributed by atoms with Gasteiger partial charge in [-0.05, 0) is 44.9 Å². The number of nitrogens with zero attached hydrogens (tertiary/aromatic N) is 2. The van der Waals surface area contributed by atoms with E-state index in [1.165, 1.54) is 31.4 Å². The average molecular weight is 492 g/mol. The first-order valence-corrected chi connectivity index (χ1v) is 12.1. The maximum atomic E-state index is 14.6. The van der Waals surface area contributed by atoms with E-state index in [0.29, 0.717) is 11.5 Å². The number of carbonyl (C=O) groups excluding carboxylic acids is 1. The number of amides is 1. The first-order chi connectivity index (χ1) is 16.0. The van der Waals surface area contributed by atoms with Gasteiger partial charge in [0, 0.05) is 24.5 Å². The van der Waals surface area contributed by atoms with E-state index in [0.717, 1.165) is 15.9 Å². The van der Waals surface area contributed by atoms with Crippen LogP contribution in [0.2, 0.25) is 0 Å². The third-order valence-electron chi connectivity index (χ3n) is 5.70. The van der Waals surface area contributed by atoms with Gasteiger partial charge in [-0.1, -0.05) is 13.8 Å². The maximum Gasteiger partial charge on any atom is 0.255 e. The van der Waals surface area contributed by atoms with Crippen molar-refractivity contribution in [3.8, 4) is 0 Å². The van der Waals surface area contributed by atoms with Crippen LogP contribution in [0.25, 0.3) is 10.2 Å². The molecule has 0 radical (unpaired) electrons. The van der Waals surface area contributed by atoms with E-state index in [2.05, 4.69) is 25.9 Å². The number of pyridine rings is 1. The molecule has 1 atom stereocenters. The highest BCUT2D eigenvalue weighted by Gasteiger charge is 2.34. The molecular formula is C24H31F2N5O2S. The fourth-order valence-corrected chi connectivity index (χ4v) is 4.11. The van der Waals surface area contributed by atoms with Crippen molar-refractivity contribution in [3.63, 3.8) is 0 Å². The van der Waals surface area contributed by atoms with Crippen LogP contribution in [0.15, 0.2) is 36.0 Å². The highest BCUT2D eigenvalue weighted by atomic mass is 32.1. The summed E-state index contributed by atoms with van der Waals surface area (Å²) in [5.41, 5.74) is 0.935. The van der Waals surface area contributed by atoms with Gasteiger partial charge in [-0.25, -0.2) is 18.7 Å². The normalized spacial score (nSPS) is 13.0. The number of aliphatic hydroxyl groups is 1. The minimum absolute atomic E-state index is 0.0410. The zero-order valence-corrected chi connectivity index (χ0v) is 20.6. The number of hydrogen-bond donors (Lipinski definition) is 4. The molecule has 1 aromatic carbocycles. The molecule has 34 heavy (non-hydrogen) atoms. The van der Waals surface area contributed by atoms with Gasteiger partial charge in [0.05, 0.1) is 39.1 Å². The molecule has 0 spiro atoms. The highest BCUT2D eigenvalue weighted by Crippen LogP contribution is 2.27. The lowest BCUT2D eigenvalue weighted by Crippen LogP contribution is -2.45. The van der Waals surface area contributed by atoms with Crippen LogP contribution < -0.4 is 16.0 Å². The van der Waals surface area contributed by atoms with Crippen molar-refractivity contribution in [1.82, 2.24) is 15.3 Å². The first kappa shape index (κ1) is 25.8. The lowest BCUT2D eigenvalue weighted by atomic mass is 9.91. The van der Waals surface area contributed by atoms with Crippen LogP contribution in [-0.2, 0) is 0 Å². The Kier molecular flexibility index (Phi) is 8.04. The predicted octanol–water partition coefficient (Wildman–Crippen LogP) is 5.21. The van der Waals surface area contributed by atoms with Crippen LogP contribution in [0.5, 0.6) is 0 Å². The minimum Gasteiger partial charge on any atom is -0.387 e. The summed E-state index contributed by atoms with van der Waals surface area (Å²) in [6, 6.07) is 7.31. The molecule has 0 saturated heterocycles. The number of carbonyl (C=O) groups is 1. The molecule has 1 amide bonds. The summed E-state index contributed by atoms with van der Waals surface area (Å²) in [6.07, 6.45) is 0.195. The Morgan fingerprint density at radius 3 is 2.62 bits per heavy atom. The van der Waals surface area contributed by atoms with Gasteiger partial charge in [-0.2, -0.15) is 0 Å². The molecular weight excluding hydrogens is 460 g/mol. The van der Waals surface area contributed by atoms with Gasteiger partial charge in [-0.3, -0.25) is 4.79 Å². The third-order valence-corrected chi connectivity index (χ3v) is 6.49. The van der Waals surface area contributed by atoms with E-state index in [-0.39, 0.29) is 31.5 Å². The van der Waals surface area contributed by atoms with E-state index in [1.54, 1.807) is 25.4 Å².